The molecule has 1 nitrogen and oxygen atoms in total. The summed E-state index contributed by atoms with van der Waals surface area (Å²) in [7, 11) is 0. The monoisotopic (exact) mass is 548 g/mol. The van der Waals surface area contributed by atoms with Crippen LogP contribution in [0.2, 0.25) is 0 Å². The predicted molar refractivity (Wildman–Crippen MR) is 183 cm³/mol. The SMILES string of the molecule is [2H]c1ccc2cc(-c3cccc(-c4c5ccccc5c(-c5cccc6oc7cc([2H])ccc7c56)c5ccccc45)c3)ccc2c1. The number of hydrogen-bond acceptors (Lipinski definition) is 1. The van der Waals surface area contributed by atoms with Crippen molar-refractivity contribution >= 4 is 54.3 Å². The fourth-order valence-electron chi connectivity index (χ4n) is 6.82. The van der Waals surface area contributed by atoms with Crippen LogP contribution in [-0.4, -0.2) is 0 Å². The number of hydrogen-bond donors (Lipinski definition) is 0. The molecule has 0 radical (unpaired) electrons. The largest absolute Gasteiger partial charge is 0.456 e. The maximum absolute atomic E-state index is 8.14. The molecule has 0 atom stereocenters. The van der Waals surface area contributed by atoms with Gasteiger partial charge in [-0.3, -0.25) is 0 Å². The molecule has 9 rings (SSSR count). The predicted octanol–water partition coefficient (Wildman–Crippen LogP) is 12.0. The first kappa shape index (κ1) is 22.0. The number of rotatable bonds is 3. The van der Waals surface area contributed by atoms with Gasteiger partial charge in [-0.1, -0.05) is 133 Å². The van der Waals surface area contributed by atoms with Crippen LogP contribution >= 0.6 is 0 Å². The molecule has 0 aliphatic heterocycles. The normalized spacial score (nSPS) is 12.4. The highest BCUT2D eigenvalue weighted by Crippen LogP contribution is 2.47. The Morgan fingerprint density at radius 1 is 0.395 bits per heavy atom. The highest BCUT2D eigenvalue weighted by atomic mass is 16.3. The summed E-state index contributed by atoms with van der Waals surface area (Å²) in [6, 6.07) is 51.5. The molecule has 8 aromatic carbocycles. The summed E-state index contributed by atoms with van der Waals surface area (Å²) in [4.78, 5) is 0. The maximum atomic E-state index is 8.14. The van der Waals surface area contributed by atoms with Gasteiger partial charge in [0, 0.05) is 10.8 Å². The fourth-order valence-corrected chi connectivity index (χ4v) is 6.82. The van der Waals surface area contributed by atoms with Crippen LogP contribution in [0.5, 0.6) is 0 Å². The van der Waals surface area contributed by atoms with Crippen molar-refractivity contribution in [1.82, 2.24) is 0 Å². The van der Waals surface area contributed by atoms with Crippen molar-refractivity contribution in [2.75, 3.05) is 0 Å². The van der Waals surface area contributed by atoms with Crippen LogP contribution in [0.3, 0.4) is 0 Å². The van der Waals surface area contributed by atoms with E-state index in [4.69, 9.17) is 7.16 Å². The molecule has 0 unspecified atom stereocenters. The van der Waals surface area contributed by atoms with E-state index < -0.39 is 0 Å². The maximum Gasteiger partial charge on any atom is 0.136 e. The van der Waals surface area contributed by atoms with Gasteiger partial charge in [-0.05, 0) is 90.0 Å². The van der Waals surface area contributed by atoms with Crippen LogP contribution in [0.4, 0.5) is 0 Å². The molecule has 0 N–H and O–H groups in total. The van der Waals surface area contributed by atoms with Crippen molar-refractivity contribution < 1.29 is 7.16 Å². The number of para-hydroxylation sites is 1. The number of fused-ring (bicyclic) bond motifs is 6. The van der Waals surface area contributed by atoms with E-state index in [2.05, 4.69) is 103 Å². The Bertz CT molecular complexity index is 2570. The molecule has 0 bridgehead atoms. The fraction of sp³-hybridized carbons (Fsp3) is 0. The Kier molecular flexibility index (Phi) is 4.83. The molecule has 1 aromatic heterocycles. The van der Waals surface area contributed by atoms with Gasteiger partial charge >= 0.3 is 0 Å². The van der Waals surface area contributed by atoms with Gasteiger partial charge < -0.3 is 4.42 Å². The van der Waals surface area contributed by atoms with Crippen LogP contribution in [0.25, 0.3) is 87.6 Å². The number of furan rings is 1. The molecule has 0 aliphatic carbocycles. The highest BCUT2D eigenvalue weighted by Gasteiger charge is 2.20. The van der Waals surface area contributed by atoms with Crippen molar-refractivity contribution in [2.24, 2.45) is 0 Å². The lowest BCUT2D eigenvalue weighted by Crippen LogP contribution is -1.91. The van der Waals surface area contributed by atoms with E-state index in [0.717, 1.165) is 49.4 Å². The van der Waals surface area contributed by atoms with Gasteiger partial charge in [-0.2, -0.15) is 0 Å². The summed E-state index contributed by atoms with van der Waals surface area (Å²) in [5.41, 5.74) is 8.58. The Labute approximate surface area is 252 Å². The lowest BCUT2D eigenvalue weighted by Gasteiger charge is -2.18. The van der Waals surface area contributed by atoms with Gasteiger partial charge in [0.25, 0.3) is 0 Å². The average molecular weight is 549 g/mol. The topological polar surface area (TPSA) is 13.1 Å². The zero-order chi connectivity index (χ0) is 30.1. The average Bonchev–Trinajstić information content (AvgIpc) is 3.45. The van der Waals surface area contributed by atoms with Crippen molar-refractivity contribution in [3.05, 3.63) is 158 Å². The smallest absolute Gasteiger partial charge is 0.136 e. The van der Waals surface area contributed by atoms with Gasteiger partial charge in [0.05, 0.1) is 2.74 Å². The zero-order valence-electron chi connectivity index (χ0n) is 25.3. The molecule has 43 heavy (non-hydrogen) atoms. The zero-order valence-corrected chi connectivity index (χ0v) is 23.3. The van der Waals surface area contributed by atoms with E-state index in [-0.39, 0.29) is 0 Å². The second kappa shape index (κ2) is 9.44. The van der Waals surface area contributed by atoms with Crippen LogP contribution < -0.4 is 0 Å². The lowest BCUT2D eigenvalue weighted by atomic mass is 9.84. The third-order valence-electron chi connectivity index (χ3n) is 8.71. The molecule has 1 heterocycles. The molecule has 0 saturated heterocycles. The lowest BCUT2D eigenvalue weighted by molar-refractivity contribution is 0.669. The minimum absolute atomic E-state index is 0.441. The molecular weight excluding hydrogens is 520 g/mol. The van der Waals surface area contributed by atoms with E-state index in [9.17, 15) is 0 Å². The first-order valence-electron chi connectivity index (χ1n) is 15.6. The van der Waals surface area contributed by atoms with Gasteiger partial charge in [0.2, 0.25) is 0 Å². The summed E-state index contributed by atoms with van der Waals surface area (Å²) in [5.74, 6) is 0. The second-order valence-corrected chi connectivity index (χ2v) is 11.1. The van der Waals surface area contributed by atoms with E-state index in [1.165, 1.54) is 38.2 Å². The first-order chi connectivity index (χ1) is 22.1. The third kappa shape index (κ3) is 3.72. The molecule has 0 saturated carbocycles. The van der Waals surface area contributed by atoms with Crippen LogP contribution in [0, 0.1) is 0 Å². The van der Waals surface area contributed by atoms with E-state index in [0.29, 0.717) is 12.1 Å². The molecule has 0 amide bonds. The van der Waals surface area contributed by atoms with Gasteiger partial charge in [0.1, 0.15) is 11.2 Å². The van der Waals surface area contributed by atoms with Gasteiger partial charge in [-0.15, -0.1) is 0 Å². The summed E-state index contributed by atoms with van der Waals surface area (Å²) in [6.45, 7) is 0. The van der Waals surface area contributed by atoms with Crippen molar-refractivity contribution in [3.63, 3.8) is 0 Å². The Morgan fingerprint density at radius 3 is 1.86 bits per heavy atom. The van der Waals surface area contributed by atoms with Gasteiger partial charge in [0.15, 0.2) is 0 Å². The standard InChI is InChI=1S/C42H26O/c1-2-12-28-25-30(24-23-27(28)11-1)29-13-9-14-31(26-29)40-32-15-3-5-17-34(32)41(35-18-6-4-16-33(35)40)37-20-10-22-39-42(37)36-19-7-8-21-38(36)43-39/h1-26H/i1D,8D. The molecule has 0 spiro atoms. The van der Waals surface area contributed by atoms with E-state index in [1.54, 1.807) is 6.07 Å². The molecule has 200 valence electrons. The Hall–Kier alpha value is -5.66. The third-order valence-corrected chi connectivity index (χ3v) is 8.71. The van der Waals surface area contributed by atoms with E-state index >= 15 is 0 Å². The Morgan fingerprint density at radius 2 is 1.05 bits per heavy atom. The molecule has 1 heteroatoms. The minimum Gasteiger partial charge on any atom is -0.456 e. The van der Waals surface area contributed by atoms with Crippen LogP contribution in [0.15, 0.2) is 162 Å². The van der Waals surface area contributed by atoms with Crippen LogP contribution in [0.1, 0.15) is 2.74 Å². The van der Waals surface area contributed by atoms with Crippen molar-refractivity contribution in [3.8, 4) is 33.4 Å². The van der Waals surface area contributed by atoms with Crippen molar-refractivity contribution in [2.45, 2.75) is 0 Å². The summed E-state index contributed by atoms with van der Waals surface area (Å²) < 4.78 is 22.4. The molecular formula is C42H26O. The Balaban J connectivity index is 1.32. The quantitative estimate of drug-likeness (QED) is 0.200. The van der Waals surface area contributed by atoms with Crippen molar-refractivity contribution in [1.29, 1.82) is 0 Å². The first-order valence-corrected chi connectivity index (χ1v) is 14.6. The highest BCUT2D eigenvalue weighted by molar-refractivity contribution is 6.25. The molecule has 0 fully saturated rings. The van der Waals surface area contributed by atoms with E-state index in [1.807, 2.05) is 36.4 Å². The molecule has 9 aromatic rings. The second-order valence-electron chi connectivity index (χ2n) is 11.1. The summed E-state index contributed by atoms with van der Waals surface area (Å²) >= 11 is 0. The minimum atomic E-state index is 0.441. The molecule has 0 aliphatic rings. The number of benzene rings is 8. The summed E-state index contributed by atoms with van der Waals surface area (Å²) in [6.07, 6.45) is 0. The summed E-state index contributed by atoms with van der Waals surface area (Å²) in [5, 5.41) is 9.08. The van der Waals surface area contributed by atoms with Crippen LogP contribution in [-0.2, 0) is 0 Å². The van der Waals surface area contributed by atoms with Gasteiger partial charge in [-0.25, -0.2) is 0 Å².